The number of halogens is 1. The SMILES string of the molecule is COc1ccc(CC(=O)N2CCCC2C(=O)O)cc1F. The molecule has 1 atom stereocenters. The number of hydrogen-bond donors (Lipinski definition) is 1. The zero-order chi connectivity index (χ0) is 14.7. The smallest absolute Gasteiger partial charge is 0.326 e. The second-order valence-electron chi connectivity index (χ2n) is 4.73. The van der Waals surface area contributed by atoms with Crippen molar-refractivity contribution >= 4 is 11.9 Å². The molecule has 1 saturated heterocycles. The summed E-state index contributed by atoms with van der Waals surface area (Å²) in [6.45, 7) is 0.439. The van der Waals surface area contributed by atoms with Crippen molar-refractivity contribution in [3.8, 4) is 5.75 Å². The Balaban J connectivity index is 2.08. The highest BCUT2D eigenvalue weighted by molar-refractivity contribution is 5.85. The number of hydrogen-bond acceptors (Lipinski definition) is 3. The van der Waals surface area contributed by atoms with Crippen LogP contribution in [0.3, 0.4) is 0 Å². The molecule has 0 aromatic heterocycles. The molecule has 0 bridgehead atoms. The van der Waals surface area contributed by atoms with Crippen molar-refractivity contribution in [2.24, 2.45) is 0 Å². The topological polar surface area (TPSA) is 66.8 Å². The number of carboxylic acids is 1. The van der Waals surface area contributed by atoms with Gasteiger partial charge in [0.25, 0.3) is 0 Å². The summed E-state index contributed by atoms with van der Waals surface area (Å²) in [6.07, 6.45) is 1.14. The fourth-order valence-electron chi connectivity index (χ4n) is 2.42. The quantitative estimate of drug-likeness (QED) is 0.907. The molecule has 20 heavy (non-hydrogen) atoms. The lowest BCUT2D eigenvalue weighted by atomic mass is 10.1. The summed E-state index contributed by atoms with van der Waals surface area (Å²) in [6, 6.07) is 3.54. The van der Waals surface area contributed by atoms with E-state index in [-0.39, 0.29) is 18.1 Å². The van der Waals surface area contributed by atoms with E-state index < -0.39 is 17.8 Å². The van der Waals surface area contributed by atoms with Crippen molar-refractivity contribution in [3.63, 3.8) is 0 Å². The van der Waals surface area contributed by atoms with Crippen LogP contribution in [0, 0.1) is 5.82 Å². The standard InChI is InChI=1S/C14H16FNO4/c1-20-12-5-4-9(7-10(12)15)8-13(17)16-6-2-3-11(16)14(18)19/h4-5,7,11H,2-3,6,8H2,1H3,(H,18,19). The third-order valence-electron chi connectivity index (χ3n) is 3.43. The molecule has 2 rings (SSSR count). The van der Waals surface area contributed by atoms with Crippen LogP contribution in [0.1, 0.15) is 18.4 Å². The fraction of sp³-hybridized carbons (Fsp3) is 0.429. The number of benzene rings is 1. The van der Waals surface area contributed by atoms with Gasteiger partial charge >= 0.3 is 5.97 Å². The number of carbonyl (C=O) groups excluding carboxylic acids is 1. The summed E-state index contributed by atoms with van der Waals surface area (Å²) < 4.78 is 18.3. The minimum absolute atomic E-state index is 0.00923. The Morgan fingerprint density at radius 1 is 1.50 bits per heavy atom. The van der Waals surface area contributed by atoms with Crippen LogP contribution in [0.15, 0.2) is 18.2 Å². The first-order valence-electron chi connectivity index (χ1n) is 6.37. The second-order valence-corrected chi connectivity index (χ2v) is 4.73. The Bertz CT molecular complexity index is 532. The highest BCUT2D eigenvalue weighted by Crippen LogP contribution is 2.21. The van der Waals surface area contributed by atoms with E-state index in [0.29, 0.717) is 24.9 Å². The first-order chi connectivity index (χ1) is 9.52. The van der Waals surface area contributed by atoms with Crippen LogP contribution in [0.4, 0.5) is 4.39 Å². The molecule has 0 radical (unpaired) electrons. The van der Waals surface area contributed by atoms with Gasteiger partial charge in [-0.2, -0.15) is 0 Å². The van der Waals surface area contributed by atoms with E-state index in [9.17, 15) is 14.0 Å². The summed E-state index contributed by atoms with van der Waals surface area (Å²) in [7, 11) is 1.37. The van der Waals surface area contributed by atoms with E-state index in [2.05, 4.69) is 0 Å². The number of amides is 1. The molecular weight excluding hydrogens is 265 g/mol. The molecular formula is C14H16FNO4. The summed E-state index contributed by atoms with van der Waals surface area (Å²) >= 11 is 0. The molecule has 6 heteroatoms. The third-order valence-corrected chi connectivity index (χ3v) is 3.43. The van der Waals surface area contributed by atoms with Gasteiger partial charge in [-0.15, -0.1) is 0 Å². The molecule has 1 aromatic carbocycles. The largest absolute Gasteiger partial charge is 0.494 e. The van der Waals surface area contributed by atoms with E-state index >= 15 is 0 Å². The highest BCUT2D eigenvalue weighted by atomic mass is 19.1. The summed E-state index contributed by atoms with van der Waals surface area (Å²) in [5, 5.41) is 9.04. The van der Waals surface area contributed by atoms with Crippen LogP contribution in [0.2, 0.25) is 0 Å². The minimum Gasteiger partial charge on any atom is -0.494 e. The van der Waals surface area contributed by atoms with Gasteiger partial charge in [0.15, 0.2) is 11.6 Å². The molecule has 1 fully saturated rings. The molecule has 108 valence electrons. The van der Waals surface area contributed by atoms with Crippen LogP contribution >= 0.6 is 0 Å². The van der Waals surface area contributed by atoms with Crippen LogP contribution in [0.25, 0.3) is 0 Å². The van der Waals surface area contributed by atoms with Gasteiger partial charge in [-0.1, -0.05) is 6.07 Å². The first-order valence-corrected chi connectivity index (χ1v) is 6.37. The Kier molecular flexibility index (Phi) is 4.22. The number of aliphatic carboxylic acids is 1. The maximum Gasteiger partial charge on any atom is 0.326 e. The molecule has 1 aliphatic rings. The van der Waals surface area contributed by atoms with Gasteiger partial charge in [-0.25, -0.2) is 9.18 Å². The fourth-order valence-corrected chi connectivity index (χ4v) is 2.42. The zero-order valence-electron chi connectivity index (χ0n) is 11.1. The van der Waals surface area contributed by atoms with Crippen LogP contribution in [0.5, 0.6) is 5.75 Å². The lowest BCUT2D eigenvalue weighted by Gasteiger charge is -2.21. The average Bonchev–Trinajstić information content (AvgIpc) is 2.88. The highest BCUT2D eigenvalue weighted by Gasteiger charge is 2.33. The van der Waals surface area contributed by atoms with Crippen LogP contribution < -0.4 is 4.74 Å². The van der Waals surface area contributed by atoms with Gasteiger partial charge in [0.1, 0.15) is 6.04 Å². The van der Waals surface area contributed by atoms with Crippen molar-refractivity contribution in [1.82, 2.24) is 4.90 Å². The van der Waals surface area contributed by atoms with E-state index in [0.717, 1.165) is 0 Å². The van der Waals surface area contributed by atoms with E-state index in [1.165, 1.54) is 24.1 Å². The van der Waals surface area contributed by atoms with Crippen molar-refractivity contribution < 1.29 is 23.8 Å². The van der Waals surface area contributed by atoms with E-state index in [1.54, 1.807) is 6.07 Å². The van der Waals surface area contributed by atoms with E-state index in [4.69, 9.17) is 9.84 Å². The van der Waals surface area contributed by atoms with Crippen molar-refractivity contribution in [3.05, 3.63) is 29.6 Å². The third kappa shape index (κ3) is 2.89. The number of ether oxygens (including phenoxy) is 1. The molecule has 5 nitrogen and oxygen atoms in total. The van der Waals surface area contributed by atoms with Gasteiger partial charge in [0.2, 0.25) is 5.91 Å². The predicted octanol–water partition coefficient (Wildman–Crippen LogP) is 1.45. The minimum atomic E-state index is -0.989. The van der Waals surface area contributed by atoms with Crippen molar-refractivity contribution in [1.29, 1.82) is 0 Å². The van der Waals surface area contributed by atoms with Gasteiger partial charge < -0.3 is 14.7 Å². The molecule has 1 aliphatic heterocycles. The molecule has 1 amide bonds. The van der Waals surface area contributed by atoms with Crippen molar-refractivity contribution in [2.75, 3.05) is 13.7 Å². The monoisotopic (exact) mass is 281 g/mol. The van der Waals surface area contributed by atoms with Gasteiger partial charge in [-0.3, -0.25) is 4.79 Å². The second kappa shape index (κ2) is 5.90. The first kappa shape index (κ1) is 14.3. The Morgan fingerprint density at radius 2 is 2.25 bits per heavy atom. The predicted molar refractivity (Wildman–Crippen MR) is 69.0 cm³/mol. The number of methoxy groups -OCH3 is 1. The lowest BCUT2D eigenvalue weighted by molar-refractivity contribution is -0.148. The maximum absolute atomic E-state index is 13.5. The van der Waals surface area contributed by atoms with Crippen LogP contribution in [-0.2, 0) is 16.0 Å². The molecule has 1 aromatic rings. The molecule has 1 heterocycles. The van der Waals surface area contributed by atoms with Crippen molar-refractivity contribution in [2.45, 2.75) is 25.3 Å². The average molecular weight is 281 g/mol. The number of rotatable bonds is 4. The molecule has 1 N–H and O–H groups in total. The molecule has 1 unspecified atom stereocenters. The Labute approximate surface area is 116 Å². The molecule has 0 saturated carbocycles. The summed E-state index contributed by atoms with van der Waals surface area (Å²) in [5.41, 5.74) is 0.504. The molecule has 0 aliphatic carbocycles. The Morgan fingerprint density at radius 3 is 2.85 bits per heavy atom. The van der Waals surface area contributed by atoms with Crippen LogP contribution in [-0.4, -0.2) is 41.6 Å². The normalized spacial score (nSPS) is 18.1. The summed E-state index contributed by atoms with van der Waals surface area (Å²) in [4.78, 5) is 24.5. The lowest BCUT2D eigenvalue weighted by Crippen LogP contribution is -2.41. The maximum atomic E-state index is 13.5. The number of carboxylic acid groups (broad SMARTS) is 1. The van der Waals surface area contributed by atoms with Gasteiger partial charge in [0.05, 0.1) is 13.5 Å². The number of likely N-dealkylation sites (tertiary alicyclic amines) is 1. The summed E-state index contributed by atoms with van der Waals surface area (Å²) in [5.74, 6) is -1.70. The number of nitrogens with zero attached hydrogens (tertiary/aromatic N) is 1. The molecule has 0 spiro atoms. The number of carbonyl (C=O) groups is 2. The van der Waals surface area contributed by atoms with Gasteiger partial charge in [-0.05, 0) is 30.5 Å². The Hall–Kier alpha value is -2.11. The van der Waals surface area contributed by atoms with Gasteiger partial charge in [0, 0.05) is 6.54 Å². The zero-order valence-corrected chi connectivity index (χ0v) is 11.1. The van der Waals surface area contributed by atoms with E-state index in [1.807, 2.05) is 0 Å².